The number of carboxylic acids is 3. The van der Waals surface area contributed by atoms with E-state index in [1.54, 1.807) is 0 Å². The number of nitrogens with zero attached hydrogens (tertiary/aromatic N) is 6. The van der Waals surface area contributed by atoms with Crippen molar-refractivity contribution in [1.82, 2.24) is 29.7 Å². The Balaban J connectivity index is 0.000000146. The largest absolute Gasteiger partial charge is 0.480 e. The van der Waals surface area contributed by atoms with E-state index in [1.165, 1.54) is 48.8 Å². The van der Waals surface area contributed by atoms with Gasteiger partial charge in [0.05, 0.1) is 43.4 Å². The Bertz CT molecular complexity index is 1880. The molecule has 6 saturated heterocycles. The number of carbonyl (C=O) groups is 6. The number of rotatable bonds is 6. The van der Waals surface area contributed by atoms with E-state index in [0.29, 0.717) is 0 Å². The monoisotopic (exact) mass is 732 g/mol. The van der Waals surface area contributed by atoms with Gasteiger partial charge < -0.3 is 35.0 Å². The third-order valence-corrected chi connectivity index (χ3v) is 15.1. The third kappa shape index (κ3) is 5.12. The van der Waals surface area contributed by atoms with Gasteiger partial charge in [0.2, 0.25) is 17.7 Å². The molecule has 7 atom stereocenters. The molecule has 49 heavy (non-hydrogen) atoms. The van der Waals surface area contributed by atoms with Crippen LogP contribution in [0.2, 0.25) is 0 Å². The highest BCUT2D eigenvalue weighted by Crippen LogP contribution is 2.47. The SMILES string of the molecule is CC1(C)[C@H](C(=O)O)N2C(=O)C[C@H]2S1(=O)=O.C[C@]1(Cn2ccnn2)[C@H](C(=O)O)N2C(=O)C[C@H]2S1(=O)=O.O=C(O)[C@H]1/C(=C/CO)O[C@@H]2CC(=O)N21. The fourth-order valence-electron chi connectivity index (χ4n) is 6.81. The highest BCUT2D eigenvalue weighted by molar-refractivity contribution is 7.94. The lowest BCUT2D eigenvalue weighted by Gasteiger charge is -2.35. The Morgan fingerprint density at radius 1 is 0.857 bits per heavy atom. The number of β-lactam (4-membered cyclic amide) rings is 3. The van der Waals surface area contributed by atoms with E-state index in [1.807, 2.05) is 0 Å². The molecule has 3 amide bonds. The van der Waals surface area contributed by atoms with Gasteiger partial charge in [0.15, 0.2) is 38.0 Å². The molecule has 0 aliphatic carbocycles. The van der Waals surface area contributed by atoms with Gasteiger partial charge in [0, 0.05) is 6.20 Å². The molecule has 0 spiro atoms. The predicted octanol–water partition coefficient (Wildman–Crippen LogP) is -3.41. The molecule has 7 rings (SSSR count). The number of ether oxygens (including phenoxy) is 1. The standard InChI is InChI=1S/C10H12N4O5S.C8H11NO5S.C8H9NO5/c1-10(5-13-3-2-11-12-13)8(9(16)17)14-6(15)4-7(14)20(10,18)19;1-8(2)6(7(11)12)9-4(10)3-5(9)15(8,13)14;10-2-1-4-7(8(12)13)9-5(11)3-6(9)14-4/h2-3,7-8H,4-5H2,1H3,(H,16,17);5-6H,3H2,1-2H3,(H,11,12);1,6-7,10H,2-3H2,(H,12,13)/b;;4-1-/t7-,8+,10+;5-,6+;6-,7-/m111/s1. The van der Waals surface area contributed by atoms with Crippen LogP contribution in [0.4, 0.5) is 0 Å². The summed E-state index contributed by atoms with van der Waals surface area (Å²) in [5.74, 6) is -4.67. The van der Waals surface area contributed by atoms with Crippen molar-refractivity contribution >= 4 is 55.3 Å². The Morgan fingerprint density at radius 3 is 1.82 bits per heavy atom. The topological polar surface area (TPSA) is 301 Å². The molecule has 23 heteroatoms. The van der Waals surface area contributed by atoms with Gasteiger partial charge in [-0.05, 0) is 26.8 Å². The van der Waals surface area contributed by atoms with Crippen molar-refractivity contribution < 1.29 is 70.8 Å². The summed E-state index contributed by atoms with van der Waals surface area (Å²) in [6.07, 6.45) is 3.62. The predicted molar refractivity (Wildman–Crippen MR) is 157 cm³/mol. The van der Waals surface area contributed by atoms with Crippen LogP contribution in [0.1, 0.15) is 40.0 Å². The van der Waals surface area contributed by atoms with Crippen LogP contribution in [0.25, 0.3) is 0 Å². The zero-order valence-corrected chi connectivity index (χ0v) is 27.6. The van der Waals surface area contributed by atoms with Gasteiger partial charge >= 0.3 is 17.9 Å². The van der Waals surface area contributed by atoms with E-state index in [9.17, 15) is 50.7 Å². The zero-order valence-electron chi connectivity index (χ0n) is 26.0. The van der Waals surface area contributed by atoms with Gasteiger partial charge in [-0.25, -0.2) is 31.2 Å². The lowest BCUT2D eigenvalue weighted by Crippen LogP contribution is -2.58. The number of carbonyl (C=O) groups excluding carboxylic acids is 3. The molecule has 0 unspecified atom stereocenters. The van der Waals surface area contributed by atoms with Crippen molar-refractivity contribution in [3.8, 4) is 0 Å². The van der Waals surface area contributed by atoms with Gasteiger partial charge in [-0.15, -0.1) is 5.10 Å². The number of carboxylic acid groups (broad SMARTS) is 3. The summed E-state index contributed by atoms with van der Waals surface area (Å²) < 4.78 is 52.3. The minimum absolute atomic E-state index is 0.0878. The summed E-state index contributed by atoms with van der Waals surface area (Å²) >= 11 is 0. The zero-order chi connectivity index (χ0) is 36.6. The second-order valence-electron chi connectivity index (χ2n) is 12.6. The van der Waals surface area contributed by atoms with Crippen LogP contribution in [0, 0.1) is 0 Å². The molecular formula is C26H32N6O15S2. The maximum Gasteiger partial charge on any atom is 0.334 e. The van der Waals surface area contributed by atoms with E-state index in [2.05, 4.69) is 10.3 Å². The summed E-state index contributed by atoms with van der Waals surface area (Å²) in [6, 6.07) is -3.72. The van der Waals surface area contributed by atoms with Crippen molar-refractivity contribution in [1.29, 1.82) is 0 Å². The Morgan fingerprint density at radius 2 is 1.39 bits per heavy atom. The number of aliphatic carboxylic acids is 3. The first-order valence-electron chi connectivity index (χ1n) is 14.6. The summed E-state index contributed by atoms with van der Waals surface area (Å²) in [5.41, 5.74) is 0. The van der Waals surface area contributed by atoms with Crippen LogP contribution in [0.5, 0.6) is 0 Å². The van der Waals surface area contributed by atoms with E-state index < -0.39 is 94.0 Å². The number of sulfone groups is 2. The van der Waals surface area contributed by atoms with Crippen LogP contribution in [-0.4, -0.2) is 154 Å². The molecule has 1 aromatic heterocycles. The lowest BCUT2D eigenvalue weighted by atomic mass is 9.96. The maximum atomic E-state index is 12.5. The average molecular weight is 733 g/mol. The number of hydrogen-bond donors (Lipinski definition) is 4. The van der Waals surface area contributed by atoms with Gasteiger partial charge in [0.1, 0.15) is 27.3 Å². The second kappa shape index (κ2) is 11.8. The molecule has 268 valence electrons. The van der Waals surface area contributed by atoms with Gasteiger partial charge in [0.25, 0.3) is 0 Å². The normalized spacial score (nSPS) is 34.4. The lowest BCUT2D eigenvalue weighted by molar-refractivity contribution is -0.163. The highest BCUT2D eigenvalue weighted by atomic mass is 32.2. The minimum Gasteiger partial charge on any atom is -0.480 e. The molecule has 7 heterocycles. The molecular weight excluding hydrogens is 700 g/mol. The van der Waals surface area contributed by atoms with Crippen molar-refractivity contribution in [2.75, 3.05) is 6.61 Å². The molecule has 6 fully saturated rings. The molecule has 6 aliphatic heterocycles. The average Bonchev–Trinajstić information content (AvgIpc) is 3.66. The first kappa shape index (κ1) is 35.7. The Kier molecular flexibility index (Phi) is 8.55. The smallest absolute Gasteiger partial charge is 0.334 e. The Hall–Kier alpha value is -4.64. The maximum absolute atomic E-state index is 12.5. The molecule has 1 aromatic rings. The summed E-state index contributed by atoms with van der Waals surface area (Å²) in [7, 11) is -7.36. The van der Waals surface area contributed by atoms with Crippen molar-refractivity contribution in [2.45, 2.75) is 91.2 Å². The first-order valence-corrected chi connectivity index (χ1v) is 17.6. The summed E-state index contributed by atoms with van der Waals surface area (Å²) in [5, 5.41) is 41.1. The fraction of sp³-hybridized carbons (Fsp3) is 0.615. The van der Waals surface area contributed by atoms with Crippen molar-refractivity contribution in [3.63, 3.8) is 0 Å². The Labute approximate surface area is 277 Å². The third-order valence-electron chi connectivity index (χ3n) is 9.50. The van der Waals surface area contributed by atoms with Gasteiger partial charge in [-0.1, -0.05) is 5.21 Å². The first-order chi connectivity index (χ1) is 22.6. The number of amides is 3. The second-order valence-corrected chi connectivity index (χ2v) is 17.9. The minimum atomic E-state index is -3.80. The number of aliphatic hydroxyl groups is 1. The van der Waals surface area contributed by atoms with Crippen LogP contribution in [0.15, 0.2) is 24.2 Å². The molecule has 0 bridgehead atoms. The summed E-state index contributed by atoms with van der Waals surface area (Å²) in [6.45, 7) is 3.59. The number of aliphatic hydroxyl groups excluding tert-OH is 1. The van der Waals surface area contributed by atoms with Gasteiger partial charge in [-0.2, -0.15) is 0 Å². The van der Waals surface area contributed by atoms with E-state index in [4.69, 9.17) is 20.1 Å². The molecule has 0 saturated carbocycles. The molecule has 21 nitrogen and oxygen atoms in total. The van der Waals surface area contributed by atoms with E-state index in [0.717, 1.165) is 9.80 Å². The number of aromatic nitrogens is 3. The van der Waals surface area contributed by atoms with Crippen LogP contribution < -0.4 is 0 Å². The summed E-state index contributed by atoms with van der Waals surface area (Å²) in [4.78, 5) is 70.2. The van der Waals surface area contributed by atoms with Crippen molar-refractivity contribution in [3.05, 3.63) is 24.2 Å². The molecule has 6 aliphatic rings. The quantitative estimate of drug-likeness (QED) is 0.207. The number of hydrogen-bond acceptors (Lipinski definition) is 14. The molecule has 0 aromatic carbocycles. The van der Waals surface area contributed by atoms with Crippen LogP contribution in [0.3, 0.4) is 0 Å². The number of fused-ring (bicyclic) bond motifs is 3. The van der Waals surface area contributed by atoms with Crippen LogP contribution >= 0.6 is 0 Å². The molecule has 0 radical (unpaired) electrons. The van der Waals surface area contributed by atoms with Gasteiger partial charge in [-0.3, -0.25) is 24.0 Å². The van der Waals surface area contributed by atoms with E-state index in [-0.39, 0.29) is 44.1 Å². The fourth-order valence-corrected chi connectivity index (χ4v) is 11.3. The molecule has 4 N–H and O–H groups in total. The highest BCUT2D eigenvalue weighted by Gasteiger charge is 2.70. The van der Waals surface area contributed by atoms with Crippen molar-refractivity contribution in [2.24, 2.45) is 0 Å². The van der Waals surface area contributed by atoms with E-state index >= 15 is 0 Å². The van der Waals surface area contributed by atoms with Crippen LogP contribution in [-0.2, 0) is 59.7 Å².